The number of aromatic nitrogens is 3. The molecule has 2 aromatic carbocycles. The van der Waals surface area contributed by atoms with Gasteiger partial charge in [-0.1, -0.05) is 48.0 Å². The van der Waals surface area contributed by atoms with Gasteiger partial charge in [-0.25, -0.2) is 4.39 Å². The molecule has 5 rings (SSSR count). The molecule has 34 heavy (non-hydrogen) atoms. The Balaban J connectivity index is 1.29. The van der Waals surface area contributed by atoms with Crippen molar-refractivity contribution in [2.45, 2.75) is 50.4 Å². The standard InChI is InChI=1S/C26H29ClFN3O2S/c1-17(22-14-18-9-10-19(22)13-18)31-25(16-33-24-8-3-2-7-23(24)28)29-30-26(31)34-12-11-32-21-6-4-5-20(27)15-21/h2-8,15,17-19,22H,9-14,16H2,1H3/t17-,18-,19-,22-/m0/s1. The van der Waals surface area contributed by atoms with Gasteiger partial charge in [-0.3, -0.25) is 4.57 Å². The van der Waals surface area contributed by atoms with Gasteiger partial charge in [-0.05, 0) is 74.3 Å². The van der Waals surface area contributed by atoms with Gasteiger partial charge in [0, 0.05) is 16.8 Å². The molecule has 180 valence electrons. The second kappa shape index (κ2) is 10.6. The fourth-order valence-corrected chi connectivity index (χ4v) is 6.58. The Hall–Kier alpha value is -2.25. The minimum Gasteiger partial charge on any atom is -0.493 e. The second-order valence-electron chi connectivity index (χ2n) is 9.22. The highest BCUT2D eigenvalue weighted by atomic mass is 35.5. The van der Waals surface area contributed by atoms with E-state index in [4.69, 9.17) is 21.1 Å². The van der Waals surface area contributed by atoms with E-state index < -0.39 is 0 Å². The van der Waals surface area contributed by atoms with Gasteiger partial charge in [0.2, 0.25) is 0 Å². The van der Waals surface area contributed by atoms with Crippen LogP contribution < -0.4 is 9.47 Å². The van der Waals surface area contributed by atoms with Crippen molar-refractivity contribution in [1.29, 1.82) is 0 Å². The van der Waals surface area contributed by atoms with Crippen LogP contribution in [0.4, 0.5) is 4.39 Å². The van der Waals surface area contributed by atoms with E-state index in [9.17, 15) is 4.39 Å². The van der Waals surface area contributed by atoms with Crippen molar-refractivity contribution < 1.29 is 13.9 Å². The van der Waals surface area contributed by atoms with Crippen molar-refractivity contribution in [2.24, 2.45) is 17.8 Å². The van der Waals surface area contributed by atoms with Gasteiger partial charge < -0.3 is 9.47 Å². The maximum absolute atomic E-state index is 14.1. The Morgan fingerprint density at radius 3 is 2.76 bits per heavy atom. The summed E-state index contributed by atoms with van der Waals surface area (Å²) in [6.07, 6.45) is 5.29. The van der Waals surface area contributed by atoms with Crippen molar-refractivity contribution in [1.82, 2.24) is 14.8 Å². The Labute approximate surface area is 209 Å². The predicted molar refractivity (Wildman–Crippen MR) is 132 cm³/mol. The lowest BCUT2D eigenvalue weighted by molar-refractivity contribution is 0.215. The molecule has 3 aromatic rings. The van der Waals surface area contributed by atoms with Crippen LogP contribution in [0, 0.1) is 23.6 Å². The molecule has 0 radical (unpaired) electrons. The van der Waals surface area contributed by atoms with Crippen LogP contribution in [0.2, 0.25) is 5.02 Å². The molecule has 0 aliphatic heterocycles. The molecular weight excluding hydrogens is 473 g/mol. The first-order valence-electron chi connectivity index (χ1n) is 11.9. The molecule has 2 bridgehead atoms. The first-order chi connectivity index (χ1) is 16.6. The number of benzene rings is 2. The van der Waals surface area contributed by atoms with Crippen molar-refractivity contribution in [3.63, 3.8) is 0 Å². The zero-order chi connectivity index (χ0) is 23.5. The molecule has 8 heteroatoms. The van der Waals surface area contributed by atoms with Gasteiger partial charge in [0.15, 0.2) is 22.5 Å². The molecule has 0 N–H and O–H groups in total. The zero-order valence-electron chi connectivity index (χ0n) is 19.2. The number of thioether (sulfide) groups is 1. The second-order valence-corrected chi connectivity index (χ2v) is 10.7. The Kier molecular flexibility index (Phi) is 7.30. The molecule has 0 unspecified atom stereocenters. The molecule has 2 saturated carbocycles. The van der Waals surface area contributed by atoms with Crippen LogP contribution in [0.25, 0.3) is 0 Å². The Morgan fingerprint density at radius 2 is 2.00 bits per heavy atom. The molecule has 5 nitrogen and oxygen atoms in total. The van der Waals surface area contributed by atoms with Crippen LogP contribution in [0.5, 0.6) is 11.5 Å². The largest absolute Gasteiger partial charge is 0.493 e. The molecule has 1 aromatic heterocycles. The normalized spacial score (nSPS) is 22.1. The van der Waals surface area contributed by atoms with E-state index in [1.165, 1.54) is 31.7 Å². The molecule has 0 amide bonds. The minimum absolute atomic E-state index is 0.179. The van der Waals surface area contributed by atoms with Gasteiger partial charge in [0.25, 0.3) is 0 Å². The third-order valence-corrected chi connectivity index (χ3v) is 8.27. The van der Waals surface area contributed by atoms with Crippen molar-refractivity contribution in [2.75, 3.05) is 12.4 Å². The molecule has 2 aliphatic carbocycles. The fraction of sp³-hybridized carbons (Fsp3) is 0.462. The summed E-state index contributed by atoms with van der Waals surface area (Å²) in [7, 11) is 0. The van der Waals surface area contributed by atoms with Crippen LogP contribution in [-0.4, -0.2) is 27.1 Å². The number of hydrogen-bond donors (Lipinski definition) is 0. The molecule has 4 atom stereocenters. The Morgan fingerprint density at radius 1 is 1.12 bits per heavy atom. The summed E-state index contributed by atoms with van der Waals surface area (Å²) in [4.78, 5) is 0. The third-order valence-electron chi connectivity index (χ3n) is 7.13. The lowest BCUT2D eigenvalue weighted by Gasteiger charge is -2.30. The summed E-state index contributed by atoms with van der Waals surface area (Å²) >= 11 is 7.67. The average Bonchev–Trinajstić information content (AvgIpc) is 3.57. The minimum atomic E-state index is -0.373. The maximum atomic E-state index is 14.1. The van der Waals surface area contributed by atoms with Gasteiger partial charge in [-0.2, -0.15) is 0 Å². The smallest absolute Gasteiger partial charge is 0.191 e. The van der Waals surface area contributed by atoms with Crippen LogP contribution in [0.3, 0.4) is 0 Å². The maximum Gasteiger partial charge on any atom is 0.191 e. The summed E-state index contributed by atoms with van der Waals surface area (Å²) in [5.74, 6) is 4.31. The number of nitrogens with zero attached hydrogens (tertiary/aromatic N) is 3. The lowest BCUT2D eigenvalue weighted by atomic mass is 9.84. The quantitative estimate of drug-likeness (QED) is 0.225. The topological polar surface area (TPSA) is 49.2 Å². The van der Waals surface area contributed by atoms with E-state index in [1.54, 1.807) is 30.0 Å². The van der Waals surface area contributed by atoms with E-state index in [1.807, 2.05) is 24.3 Å². The van der Waals surface area contributed by atoms with Crippen LogP contribution in [0.15, 0.2) is 53.7 Å². The number of para-hydroxylation sites is 1. The highest BCUT2D eigenvalue weighted by Gasteiger charge is 2.43. The molecule has 0 spiro atoms. The fourth-order valence-electron chi connectivity index (χ4n) is 5.54. The summed E-state index contributed by atoms with van der Waals surface area (Å²) < 4.78 is 27.9. The predicted octanol–water partition coefficient (Wildman–Crippen LogP) is 6.82. The van der Waals surface area contributed by atoms with E-state index in [-0.39, 0.29) is 24.2 Å². The number of halogens is 2. The summed E-state index contributed by atoms with van der Waals surface area (Å²) in [5.41, 5.74) is 0. The van der Waals surface area contributed by atoms with Gasteiger partial charge >= 0.3 is 0 Å². The average molecular weight is 502 g/mol. The van der Waals surface area contributed by atoms with Gasteiger partial charge in [0.05, 0.1) is 6.61 Å². The van der Waals surface area contributed by atoms with Crippen LogP contribution >= 0.6 is 23.4 Å². The molecular formula is C26H29ClFN3O2S. The summed E-state index contributed by atoms with van der Waals surface area (Å²) in [6, 6.07) is 14.1. The zero-order valence-corrected chi connectivity index (χ0v) is 20.8. The highest BCUT2D eigenvalue weighted by Crippen LogP contribution is 2.52. The molecule has 2 fully saturated rings. The van der Waals surface area contributed by atoms with Crippen molar-refractivity contribution in [3.05, 3.63) is 65.2 Å². The first-order valence-corrected chi connectivity index (χ1v) is 13.3. The van der Waals surface area contributed by atoms with Crippen molar-refractivity contribution in [3.8, 4) is 11.5 Å². The molecule has 1 heterocycles. The SMILES string of the molecule is C[C@@H]([C@@H]1C[C@H]2CC[C@H]1C2)n1c(COc2ccccc2F)nnc1SCCOc1cccc(Cl)c1. The van der Waals surface area contributed by atoms with E-state index >= 15 is 0 Å². The first kappa shape index (κ1) is 23.5. The summed E-state index contributed by atoms with van der Waals surface area (Å²) in [6.45, 7) is 2.98. The van der Waals surface area contributed by atoms with Crippen LogP contribution in [-0.2, 0) is 6.61 Å². The lowest BCUT2D eigenvalue weighted by Crippen LogP contribution is -2.24. The third kappa shape index (κ3) is 5.20. The highest BCUT2D eigenvalue weighted by molar-refractivity contribution is 7.99. The van der Waals surface area contributed by atoms with E-state index in [0.29, 0.717) is 17.5 Å². The number of rotatable bonds is 10. The number of fused-ring (bicyclic) bond motifs is 2. The van der Waals surface area contributed by atoms with Crippen LogP contribution in [0.1, 0.15) is 44.5 Å². The molecule has 2 aliphatic rings. The molecule has 0 saturated heterocycles. The monoisotopic (exact) mass is 501 g/mol. The summed E-state index contributed by atoms with van der Waals surface area (Å²) in [5, 5.41) is 10.5. The van der Waals surface area contributed by atoms with Crippen molar-refractivity contribution >= 4 is 23.4 Å². The Bertz CT molecular complexity index is 1130. The van der Waals surface area contributed by atoms with Gasteiger partial charge in [0.1, 0.15) is 12.4 Å². The van der Waals surface area contributed by atoms with Gasteiger partial charge in [-0.15, -0.1) is 10.2 Å². The van der Waals surface area contributed by atoms with E-state index in [0.717, 1.165) is 34.3 Å². The number of ether oxygens (including phenoxy) is 2. The number of hydrogen-bond acceptors (Lipinski definition) is 5. The van der Waals surface area contributed by atoms with E-state index in [2.05, 4.69) is 21.7 Å².